The zero-order valence-electron chi connectivity index (χ0n) is 11.3. The third kappa shape index (κ3) is 2.99. The van der Waals surface area contributed by atoms with E-state index < -0.39 is 0 Å². The van der Waals surface area contributed by atoms with E-state index in [4.69, 9.17) is 0 Å². The lowest BCUT2D eigenvalue weighted by Crippen LogP contribution is -2.17. The number of hydrogen-bond acceptors (Lipinski definition) is 3. The number of rotatable bonds is 5. The molecule has 0 bridgehead atoms. The predicted octanol–water partition coefficient (Wildman–Crippen LogP) is 3.75. The van der Waals surface area contributed by atoms with Crippen LogP contribution in [-0.2, 0) is 6.54 Å². The smallest absolute Gasteiger partial charge is 0.0376 e. The first kappa shape index (κ1) is 12.7. The zero-order chi connectivity index (χ0) is 13.1. The molecule has 3 heteroatoms. The van der Waals surface area contributed by atoms with Crippen LogP contribution in [0.2, 0.25) is 0 Å². The van der Waals surface area contributed by atoms with Gasteiger partial charge >= 0.3 is 0 Å². The lowest BCUT2D eigenvalue weighted by atomic mass is 9.98. The van der Waals surface area contributed by atoms with Crippen LogP contribution in [-0.4, -0.2) is 13.1 Å². The summed E-state index contributed by atoms with van der Waals surface area (Å²) in [5.41, 5.74) is 2.80. The van der Waals surface area contributed by atoms with Crippen molar-refractivity contribution in [2.24, 2.45) is 0 Å². The van der Waals surface area contributed by atoms with Gasteiger partial charge in [0.15, 0.2) is 0 Å². The molecule has 0 radical (unpaired) electrons. The molecule has 19 heavy (non-hydrogen) atoms. The van der Waals surface area contributed by atoms with Crippen molar-refractivity contribution in [2.45, 2.75) is 25.8 Å². The van der Waals surface area contributed by atoms with Crippen LogP contribution in [0.1, 0.15) is 27.7 Å². The van der Waals surface area contributed by atoms with E-state index in [1.165, 1.54) is 27.4 Å². The van der Waals surface area contributed by atoms with Crippen molar-refractivity contribution in [3.05, 3.63) is 51.7 Å². The summed E-state index contributed by atoms with van der Waals surface area (Å²) in [6.07, 6.45) is 1.20. The largest absolute Gasteiger partial charge is 0.384 e. The van der Waals surface area contributed by atoms with Crippen molar-refractivity contribution in [3.8, 4) is 0 Å². The molecule has 1 aliphatic rings. The van der Waals surface area contributed by atoms with E-state index in [0.29, 0.717) is 5.92 Å². The number of aryl methyl sites for hydroxylation is 1. The molecular formula is C16H20N2S. The quantitative estimate of drug-likeness (QED) is 0.810. The third-order valence-electron chi connectivity index (χ3n) is 3.70. The molecule has 0 saturated carbocycles. The molecule has 1 atom stereocenters. The van der Waals surface area contributed by atoms with Gasteiger partial charge in [0, 0.05) is 34.4 Å². The summed E-state index contributed by atoms with van der Waals surface area (Å²) in [6, 6.07) is 13.1. The van der Waals surface area contributed by atoms with Crippen LogP contribution in [0, 0.1) is 6.92 Å². The van der Waals surface area contributed by atoms with Crippen LogP contribution in [0.5, 0.6) is 0 Å². The fraction of sp³-hybridized carbons (Fsp3) is 0.375. The molecule has 2 N–H and O–H groups in total. The molecule has 3 rings (SSSR count). The summed E-state index contributed by atoms with van der Waals surface area (Å²) in [6.45, 7) is 5.33. The molecule has 1 aromatic carbocycles. The van der Waals surface area contributed by atoms with Gasteiger partial charge in [-0.1, -0.05) is 18.2 Å². The van der Waals surface area contributed by atoms with E-state index in [-0.39, 0.29) is 0 Å². The second kappa shape index (κ2) is 5.76. The molecule has 0 amide bonds. The minimum absolute atomic E-state index is 0.661. The summed E-state index contributed by atoms with van der Waals surface area (Å²) in [5.74, 6) is 0.661. The second-order valence-corrected chi connectivity index (χ2v) is 6.52. The van der Waals surface area contributed by atoms with Crippen LogP contribution >= 0.6 is 11.3 Å². The van der Waals surface area contributed by atoms with E-state index in [0.717, 1.165) is 19.6 Å². The Labute approximate surface area is 118 Å². The minimum atomic E-state index is 0.661. The molecule has 2 aromatic rings. The average Bonchev–Trinajstić information content (AvgIpc) is 3.02. The molecule has 0 saturated heterocycles. The monoisotopic (exact) mass is 272 g/mol. The highest BCUT2D eigenvalue weighted by Gasteiger charge is 2.20. The number of thiophene rings is 1. The predicted molar refractivity (Wildman–Crippen MR) is 83.1 cm³/mol. The van der Waals surface area contributed by atoms with Crippen LogP contribution in [0.4, 0.5) is 5.69 Å². The molecular weight excluding hydrogens is 252 g/mol. The highest BCUT2D eigenvalue weighted by Crippen LogP contribution is 2.32. The van der Waals surface area contributed by atoms with E-state index in [9.17, 15) is 0 Å². The summed E-state index contributed by atoms with van der Waals surface area (Å²) >= 11 is 1.88. The molecule has 2 nitrogen and oxygen atoms in total. The molecule has 0 spiro atoms. The SMILES string of the molecule is Cc1ccc(CNCCC2CNc3ccccc32)s1. The van der Waals surface area contributed by atoms with Crippen molar-refractivity contribution >= 4 is 17.0 Å². The lowest BCUT2D eigenvalue weighted by molar-refractivity contribution is 0.595. The maximum Gasteiger partial charge on any atom is 0.0376 e. The van der Waals surface area contributed by atoms with Gasteiger partial charge in [-0.05, 0) is 43.7 Å². The highest BCUT2D eigenvalue weighted by molar-refractivity contribution is 7.11. The van der Waals surface area contributed by atoms with E-state index >= 15 is 0 Å². The number of nitrogens with one attached hydrogen (secondary N) is 2. The van der Waals surface area contributed by atoms with Crippen molar-refractivity contribution in [1.82, 2.24) is 5.32 Å². The van der Waals surface area contributed by atoms with Gasteiger partial charge in [0.05, 0.1) is 0 Å². The second-order valence-electron chi connectivity index (χ2n) is 5.14. The fourth-order valence-corrected chi connectivity index (χ4v) is 3.54. The van der Waals surface area contributed by atoms with Gasteiger partial charge in [0.1, 0.15) is 0 Å². The number of fused-ring (bicyclic) bond motifs is 1. The number of benzene rings is 1. The highest BCUT2D eigenvalue weighted by atomic mass is 32.1. The van der Waals surface area contributed by atoms with Gasteiger partial charge in [-0.3, -0.25) is 0 Å². The molecule has 0 aliphatic carbocycles. The van der Waals surface area contributed by atoms with E-state index in [1.807, 2.05) is 11.3 Å². The Balaban J connectivity index is 1.46. The standard InChI is InChI=1S/C16H20N2S/c1-12-6-7-14(19-12)11-17-9-8-13-10-18-16-5-3-2-4-15(13)16/h2-7,13,17-18H,8-11H2,1H3. The maximum absolute atomic E-state index is 3.56. The summed E-state index contributed by atoms with van der Waals surface area (Å²) in [4.78, 5) is 2.83. The number of para-hydroxylation sites is 1. The summed E-state index contributed by atoms with van der Waals surface area (Å²) in [7, 11) is 0. The van der Waals surface area contributed by atoms with Crippen LogP contribution in [0.15, 0.2) is 36.4 Å². The Bertz CT molecular complexity index is 547. The normalized spacial score (nSPS) is 17.2. The molecule has 2 heterocycles. The summed E-state index contributed by atoms with van der Waals surface area (Å²) in [5, 5.41) is 7.04. The zero-order valence-corrected chi connectivity index (χ0v) is 12.1. The van der Waals surface area contributed by atoms with Crippen LogP contribution in [0.25, 0.3) is 0 Å². The maximum atomic E-state index is 3.56. The Morgan fingerprint density at radius 2 is 2.16 bits per heavy atom. The number of anilines is 1. The molecule has 0 fully saturated rings. The van der Waals surface area contributed by atoms with E-state index in [1.54, 1.807) is 0 Å². The first-order chi connectivity index (χ1) is 9.33. The van der Waals surface area contributed by atoms with Gasteiger partial charge in [-0.15, -0.1) is 11.3 Å². The van der Waals surface area contributed by atoms with Gasteiger partial charge in [-0.2, -0.15) is 0 Å². The van der Waals surface area contributed by atoms with Gasteiger partial charge in [-0.25, -0.2) is 0 Å². The molecule has 1 unspecified atom stereocenters. The van der Waals surface area contributed by atoms with Crippen molar-refractivity contribution < 1.29 is 0 Å². The number of hydrogen-bond donors (Lipinski definition) is 2. The van der Waals surface area contributed by atoms with E-state index in [2.05, 4.69) is 54.0 Å². The Morgan fingerprint density at radius 1 is 1.26 bits per heavy atom. The average molecular weight is 272 g/mol. The molecule has 1 aromatic heterocycles. The van der Waals surface area contributed by atoms with Crippen molar-refractivity contribution in [3.63, 3.8) is 0 Å². The molecule has 100 valence electrons. The summed E-state index contributed by atoms with van der Waals surface area (Å²) < 4.78 is 0. The van der Waals surface area contributed by atoms with Gasteiger partial charge < -0.3 is 10.6 Å². The Kier molecular flexibility index (Phi) is 3.85. The minimum Gasteiger partial charge on any atom is -0.384 e. The Hall–Kier alpha value is -1.32. The lowest BCUT2D eigenvalue weighted by Gasteiger charge is -2.10. The van der Waals surface area contributed by atoms with Crippen molar-refractivity contribution in [1.29, 1.82) is 0 Å². The topological polar surface area (TPSA) is 24.1 Å². The van der Waals surface area contributed by atoms with Crippen molar-refractivity contribution in [2.75, 3.05) is 18.4 Å². The van der Waals surface area contributed by atoms with Crippen LogP contribution in [0.3, 0.4) is 0 Å². The Morgan fingerprint density at radius 3 is 3.00 bits per heavy atom. The van der Waals surface area contributed by atoms with Gasteiger partial charge in [0.2, 0.25) is 0 Å². The van der Waals surface area contributed by atoms with Crippen LogP contribution < -0.4 is 10.6 Å². The van der Waals surface area contributed by atoms with Gasteiger partial charge in [0.25, 0.3) is 0 Å². The first-order valence-corrected chi connectivity index (χ1v) is 7.73. The third-order valence-corrected chi connectivity index (χ3v) is 4.71. The first-order valence-electron chi connectivity index (χ1n) is 6.92. The fourth-order valence-electron chi connectivity index (χ4n) is 2.68. The molecule has 1 aliphatic heterocycles.